The molecule has 1 aliphatic heterocycles. The van der Waals surface area contributed by atoms with Crippen LogP contribution in [0, 0.1) is 11.7 Å². The summed E-state index contributed by atoms with van der Waals surface area (Å²) in [6.45, 7) is 0.721. The number of hydrogen-bond acceptors (Lipinski definition) is 6. The minimum absolute atomic E-state index is 0.0911. The van der Waals surface area contributed by atoms with E-state index in [0.29, 0.717) is 12.4 Å². The Labute approximate surface area is 201 Å². The molecule has 1 aromatic heterocycles. The number of nitrogens with one attached hydrogen (secondary N) is 1. The van der Waals surface area contributed by atoms with Gasteiger partial charge in [-0.2, -0.15) is 18.3 Å². The zero-order chi connectivity index (χ0) is 25.1. The van der Waals surface area contributed by atoms with Crippen molar-refractivity contribution >= 4 is 15.8 Å². The van der Waals surface area contributed by atoms with Crippen molar-refractivity contribution in [1.82, 2.24) is 14.9 Å². The molecule has 1 aromatic carbocycles. The Hall–Kier alpha value is -2.31. The molecule has 2 aliphatic rings. The molecule has 2 fully saturated rings. The highest BCUT2D eigenvalue weighted by atomic mass is 32.2. The number of aromatic nitrogens is 2. The molecule has 1 aliphatic carbocycles. The average molecular weight is 517 g/mol. The van der Waals surface area contributed by atoms with Gasteiger partial charge >= 0.3 is 15.5 Å². The third kappa shape index (κ3) is 6.47. The van der Waals surface area contributed by atoms with E-state index >= 15 is 0 Å². The van der Waals surface area contributed by atoms with Gasteiger partial charge in [0, 0.05) is 31.2 Å². The van der Waals surface area contributed by atoms with Gasteiger partial charge in [-0.15, -0.1) is 5.10 Å². The Bertz CT molecular complexity index is 1080. The largest absolute Gasteiger partial charge is 0.511 e. The molecule has 7 nitrogen and oxygen atoms in total. The van der Waals surface area contributed by atoms with E-state index in [-0.39, 0.29) is 37.4 Å². The first-order valence-corrected chi connectivity index (χ1v) is 13.1. The minimum atomic E-state index is -5.48. The topological polar surface area (TPSA) is 84.4 Å². The third-order valence-corrected chi connectivity index (χ3v) is 7.99. The highest BCUT2D eigenvalue weighted by Gasteiger charge is 2.48. The molecule has 2 heterocycles. The lowest BCUT2D eigenvalue weighted by Crippen LogP contribution is -2.55. The summed E-state index contributed by atoms with van der Waals surface area (Å²) in [6.07, 6.45) is 4.71. The van der Waals surface area contributed by atoms with Crippen molar-refractivity contribution in [2.24, 2.45) is 5.92 Å². The summed E-state index contributed by atoms with van der Waals surface area (Å²) in [5.74, 6) is 0.0333. The molecule has 2 aromatic rings. The van der Waals surface area contributed by atoms with Gasteiger partial charge in [-0.1, -0.05) is 12.1 Å². The van der Waals surface area contributed by atoms with Crippen LogP contribution in [0.3, 0.4) is 0 Å². The average Bonchev–Trinajstić information content (AvgIpc) is 2.83. The van der Waals surface area contributed by atoms with Crippen molar-refractivity contribution in [2.75, 3.05) is 24.6 Å². The first kappa shape index (κ1) is 25.8. The molecule has 2 unspecified atom stereocenters. The van der Waals surface area contributed by atoms with Gasteiger partial charge in [-0.25, -0.2) is 17.5 Å². The summed E-state index contributed by atoms with van der Waals surface area (Å²) in [5.41, 5.74) is -4.42. The normalized spacial score (nSPS) is 26.0. The first-order chi connectivity index (χ1) is 16.6. The Kier molecular flexibility index (Phi) is 7.92. The molecule has 12 heteroatoms. The number of alkyl halides is 3. The quantitative estimate of drug-likeness (QED) is 0.561. The molecule has 4 rings (SSSR count). The van der Waals surface area contributed by atoms with Gasteiger partial charge in [0.25, 0.3) is 0 Å². The van der Waals surface area contributed by atoms with Crippen LogP contribution >= 0.6 is 0 Å². The van der Waals surface area contributed by atoms with Crippen LogP contribution in [0.25, 0.3) is 0 Å². The molecule has 1 N–H and O–H groups in total. The molecule has 0 amide bonds. The fourth-order valence-corrected chi connectivity index (χ4v) is 5.72. The number of rotatable bonds is 7. The second-order valence-electron chi connectivity index (χ2n) is 9.11. The predicted octanol–water partition coefficient (Wildman–Crippen LogP) is 3.99. The summed E-state index contributed by atoms with van der Waals surface area (Å²) in [6, 6.07) is 9.11. The van der Waals surface area contributed by atoms with E-state index in [2.05, 4.69) is 10.2 Å². The van der Waals surface area contributed by atoms with Gasteiger partial charge in [-0.05, 0) is 67.9 Å². The van der Waals surface area contributed by atoms with Crippen molar-refractivity contribution in [3.05, 3.63) is 54.0 Å². The lowest BCUT2D eigenvalue weighted by Gasteiger charge is -2.40. The highest BCUT2D eigenvalue weighted by Crippen LogP contribution is 2.35. The van der Waals surface area contributed by atoms with Crippen LogP contribution in [-0.4, -0.2) is 56.0 Å². The van der Waals surface area contributed by atoms with Crippen LogP contribution < -0.4 is 9.62 Å². The number of ether oxygens (including phenoxy) is 1. The molecule has 35 heavy (non-hydrogen) atoms. The lowest BCUT2D eigenvalue weighted by atomic mass is 9.82. The van der Waals surface area contributed by atoms with Gasteiger partial charge in [0.05, 0.1) is 12.7 Å². The fraction of sp³-hybridized carbons (Fsp3) is 0.565. The van der Waals surface area contributed by atoms with Crippen molar-refractivity contribution < 1.29 is 30.7 Å². The standard InChI is InChI=1S/C23H28F4N4O3S/c24-19-4-1-3-17(13-19)16-6-8-20(9-7-16)34-15-18-14-31(22-5-2-11-28-29-22)12-10-21(18)30-35(32,33)23(25,26)27/h1-5,11,13,16,18,20-21,30H,6-10,12,14-15H2/t16-,18?,20+,21?. The summed E-state index contributed by atoms with van der Waals surface area (Å²) in [7, 11) is -5.48. The van der Waals surface area contributed by atoms with E-state index in [4.69, 9.17) is 4.74 Å². The van der Waals surface area contributed by atoms with E-state index in [9.17, 15) is 26.0 Å². The van der Waals surface area contributed by atoms with Crippen LogP contribution in [0.4, 0.5) is 23.4 Å². The number of halogens is 4. The zero-order valence-electron chi connectivity index (χ0n) is 19.0. The van der Waals surface area contributed by atoms with Crippen LogP contribution in [0.15, 0.2) is 42.6 Å². The Morgan fingerprint density at radius 3 is 2.51 bits per heavy atom. The smallest absolute Gasteiger partial charge is 0.378 e. The number of piperidine rings is 1. The fourth-order valence-electron chi connectivity index (χ4n) is 4.88. The summed E-state index contributed by atoms with van der Waals surface area (Å²) >= 11 is 0. The van der Waals surface area contributed by atoms with Gasteiger partial charge in [0.2, 0.25) is 0 Å². The van der Waals surface area contributed by atoms with Crippen molar-refractivity contribution in [1.29, 1.82) is 0 Å². The molecule has 2 atom stereocenters. The molecule has 192 valence electrons. The van der Waals surface area contributed by atoms with Gasteiger partial charge in [-0.3, -0.25) is 0 Å². The van der Waals surface area contributed by atoms with Crippen LogP contribution in [0.1, 0.15) is 43.6 Å². The van der Waals surface area contributed by atoms with E-state index in [0.717, 1.165) is 31.2 Å². The predicted molar refractivity (Wildman–Crippen MR) is 122 cm³/mol. The minimum Gasteiger partial charge on any atom is -0.378 e. The monoisotopic (exact) mass is 516 g/mol. The molecule has 0 radical (unpaired) electrons. The van der Waals surface area contributed by atoms with Crippen molar-refractivity contribution in [2.45, 2.75) is 55.7 Å². The zero-order valence-corrected chi connectivity index (χ0v) is 19.8. The van der Waals surface area contributed by atoms with E-state index < -0.39 is 27.5 Å². The Morgan fingerprint density at radius 2 is 1.86 bits per heavy atom. The maximum atomic E-state index is 13.6. The second kappa shape index (κ2) is 10.8. The maximum absolute atomic E-state index is 13.6. The number of anilines is 1. The summed E-state index contributed by atoms with van der Waals surface area (Å²) < 4.78 is 84.1. The molecular weight excluding hydrogens is 488 g/mol. The second-order valence-corrected chi connectivity index (χ2v) is 10.8. The van der Waals surface area contributed by atoms with Crippen molar-refractivity contribution in [3.8, 4) is 0 Å². The maximum Gasteiger partial charge on any atom is 0.511 e. The summed E-state index contributed by atoms with van der Waals surface area (Å²) in [5, 5.41) is 7.90. The third-order valence-electron chi connectivity index (χ3n) is 6.77. The SMILES string of the molecule is O=S(=O)(NC1CCN(c2cccnn2)CC1CO[C@H]1CC[C@@H](c2cccc(F)c2)CC1)C(F)(F)F. The summed E-state index contributed by atoms with van der Waals surface area (Å²) in [4.78, 5) is 1.88. The van der Waals surface area contributed by atoms with Gasteiger partial charge in [0.15, 0.2) is 5.82 Å². The molecule has 1 saturated heterocycles. The van der Waals surface area contributed by atoms with E-state index in [1.807, 2.05) is 15.7 Å². The number of hydrogen-bond donors (Lipinski definition) is 1. The molecular formula is C23H28F4N4O3S. The number of sulfonamides is 1. The van der Waals surface area contributed by atoms with Crippen LogP contribution in [-0.2, 0) is 14.8 Å². The number of benzene rings is 1. The van der Waals surface area contributed by atoms with Crippen molar-refractivity contribution in [3.63, 3.8) is 0 Å². The van der Waals surface area contributed by atoms with E-state index in [1.54, 1.807) is 24.3 Å². The highest BCUT2D eigenvalue weighted by molar-refractivity contribution is 7.90. The van der Waals surface area contributed by atoms with Gasteiger partial charge in [0.1, 0.15) is 5.82 Å². The Morgan fingerprint density at radius 1 is 1.09 bits per heavy atom. The Balaban J connectivity index is 1.39. The molecule has 0 spiro atoms. The molecule has 0 bridgehead atoms. The van der Waals surface area contributed by atoms with Crippen LogP contribution in [0.5, 0.6) is 0 Å². The van der Waals surface area contributed by atoms with E-state index in [1.165, 1.54) is 12.3 Å². The van der Waals surface area contributed by atoms with Gasteiger partial charge < -0.3 is 9.64 Å². The first-order valence-electron chi connectivity index (χ1n) is 11.6. The number of nitrogens with zero attached hydrogens (tertiary/aromatic N) is 3. The lowest BCUT2D eigenvalue weighted by molar-refractivity contribution is -0.0460. The van der Waals surface area contributed by atoms with Crippen LogP contribution in [0.2, 0.25) is 0 Å². The molecule has 1 saturated carbocycles.